The molecule has 1 aromatic carbocycles. The van der Waals surface area contributed by atoms with Gasteiger partial charge in [0, 0.05) is 50.4 Å². The van der Waals surface area contributed by atoms with Crippen LogP contribution in [0.2, 0.25) is 0 Å². The van der Waals surface area contributed by atoms with Crippen molar-refractivity contribution in [3.8, 4) is 5.88 Å². The molecule has 0 N–H and O–H groups in total. The average Bonchev–Trinajstić information content (AvgIpc) is 2.78. The molecular weight excluding hydrogens is 374 g/mol. The third-order valence-corrected chi connectivity index (χ3v) is 7.27. The molecule has 3 fully saturated rings. The lowest BCUT2D eigenvalue weighted by molar-refractivity contribution is -0.152. The molecule has 0 spiro atoms. The van der Waals surface area contributed by atoms with Gasteiger partial charge in [-0.15, -0.1) is 0 Å². The van der Waals surface area contributed by atoms with Crippen molar-refractivity contribution in [1.82, 2.24) is 14.8 Å². The van der Waals surface area contributed by atoms with E-state index in [9.17, 15) is 4.79 Å². The number of fused-ring (bicyclic) bond motifs is 4. The molecule has 0 unspecified atom stereocenters. The topological polar surface area (TPSA) is 45.7 Å². The molecule has 3 aliphatic rings. The molecule has 5 rings (SSSR count). The number of methoxy groups -OCH3 is 1. The average molecular weight is 406 g/mol. The van der Waals surface area contributed by atoms with Gasteiger partial charge in [0.25, 0.3) is 0 Å². The zero-order valence-corrected chi connectivity index (χ0v) is 17.7. The van der Waals surface area contributed by atoms with E-state index in [1.807, 2.05) is 12.3 Å². The third kappa shape index (κ3) is 3.83. The Kier molecular flexibility index (Phi) is 5.47. The molecule has 4 heterocycles. The van der Waals surface area contributed by atoms with Gasteiger partial charge in [-0.3, -0.25) is 9.69 Å². The van der Waals surface area contributed by atoms with Gasteiger partial charge < -0.3 is 9.64 Å². The van der Waals surface area contributed by atoms with Gasteiger partial charge >= 0.3 is 0 Å². The minimum Gasteiger partial charge on any atom is -0.481 e. The summed E-state index contributed by atoms with van der Waals surface area (Å²) in [4.78, 5) is 22.3. The van der Waals surface area contributed by atoms with E-state index in [1.165, 1.54) is 17.5 Å². The lowest BCUT2D eigenvalue weighted by Gasteiger charge is -2.57. The van der Waals surface area contributed by atoms with Crippen molar-refractivity contribution in [2.75, 3.05) is 20.2 Å². The molecule has 0 saturated carbocycles. The molecule has 3 saturated heterocycles. The fraction of sp³-hybridized carbons (Fsp3) is 0.520. The molecule has 1 aromatic heterocycles. The molecule has 2 bridgehead atoms. The maximum absolute atomic E-state index is 13.0. The number of carbonyl (C=O) groups excluding carboxylic acids is 1. The summed E-state index contributed by atoms with van der Waals surface area (Å²) >= 11 is 0. The highest BCUT2D eigenvalue weighted by molar-refractivity contribution is 5.78. The summed E-state index contributed by atoms with van der Waals surface area (Å²) in [5, 5.41) is 0. The van der Waals surface area contributed by atoms with Gasteiger partial charge in [-0.2, -0.15) is 0 Å². The van der Waals surface area contributed by atoms with Crippen molar-refractivity contribution < 1.29 is 9.53 Å². The number of piperidine rings is 3. The molecule has 2 aromatic rings. The first-order valence-electron chi connectivity index (χ1n) is 11.3. The number of hydrogen-bond donors (Lipinski definition) is 0. The second-order valence-electron chi connectivity index (χ2n) is 9.18. The SMILES string of the molecule is COc1ccc(CN2C[C@H]3C[C@@H](C2)[C@H](Cc2ccccc2)N2C(=O)CCC[C@@H]32)cn1. The highest BCUT2D eigenvalue weighted by Gasteiger charge is 2.49. The van der Waals surface area contributed by atoms with E-state index >= 15 is 0 Å². The number of nitrogens with zero attached hydrogens (tertiary/aromatic N) is 3. The Morgan fingerprint density at radius 1 is 1.07 bits per heavy atom. The Hall–Kier alpha value is -2.40. The van der Waals surface area contributed by atoms with Crippen LogP contribution in [0.1, 0.15) is 36.8 Å². The Morgan fingerprint density at radius 3 is 2.67 bits per heavy atom. The first kappa shape index (κ1) is 19.6. The van der Waals surface area contributed by atoms with Gasteiger partial charge in [0.1, 0.15) is 0 Å². The van der Waals surface area contributed by atoms with Crippen molar-refractivity contribution in [3.63, 3.8) is 0 Å². The van der Waals surface area contributed by atoms with Gasteiger partial charge in [-0.25, -0.2) is 4.98 Å². The lowest BCUT2D eigenvalue weighted by Crippen LogP contribution is -2.65. The van der Waals surface area contributed by atoms with Crippen molar-refractivity contribution in [3.05, 3.63) is 59.8 Å². The molecular formula is C25H31N3O2. The molecule has 0 aliphatic carbocycles. The third-order valence-electron chi connectivity index (χ3n) is 7.27. The summed E-state index contributed by atoms with van der Waals surface area (Å²) in [6.45, 7) is 3.05. The van der Waals surface area contributed by atoms with Crippen LogP contribution in [0.3, 0.4) is 0 Å². The Labute approximate surface area is 179 Å². The van der Waals surface area contributed by atoms with E-state index in [0.29, 0.717) is 35.7 Å². The Bertz CT molecular complexity index is 870. The number of pyridine rings is 1. The number of amides is 1. The summed E-state index contributed by atoms with van der Waals surface area (Å²) in [5.74, 6) is 2.17. The van der Waals surface area contributed by atoms with Crippen LogP contribution in [0.15, 0.2) is 48.7 Å². The van der Waals surface area contributed by atoms with Gasteiger partial charge in [0.15, 0.2) is 0 Å². The maximum Gasteiger partial charge on any atom is 0.223 e. The first-order valence-corrected chi connectivity index (χ1v) is 11.3. The van der Waals surface area contributed by atoms with Crippen LogP contribution in [0.25, 0.3) is 0 Å². The van der Waals surface area contributed by atoms with Gasteiger partial charge in [0.2, 0.25) is 11.8 Å². The fourth-order valence-corrected chi connectivity index (χ4v) is 6.00. The molecule has 4 atom stereocenters. The highest BCUT2D eigenvalue weighted by Crippen LogP contribution is 2.42. The molecule has 1 amide bonds. The normalized spacial score (nSPS) is 28.8. The molecule has 5 nitrogen and oxygen atoms in total. The number of carbonyl (C=O) groups is 1. The van der Waals surface area contributed by atoms with Crippen molar-refractivity contribution in [2.24, 2.45) is 11.8 Å². The van der Waals surface area contributed by atoms with E-state index in [0.717, 1.165) is 45.3 Å². The number of aromatic nitrogens is 1. The molecule has 5 heteroatoms. The summed E-state index contributed by atoms with van der Waals surface area (Å²) in [5.41, 5.74) is 2.57. The maximum atomic E-state index is 13.0. The molecule has 158 valence electrons. The van der Waals surface area contributed by atoms with Gasteiger partial charge in [-0.05, 0) is 48.6 Å². The van der Waals surface area contributed by atoms with E-state index in [1.54, 1.807) is 7.11 Å². The van der Waals surface area contributed by atoms with E-state index in [-0.39, 0.29) is 0 Å². The smallest absolute Gasteiger partial charge is 0.223 e. The minimum absolute atomic E-state index is 0.318. The summed E-state index contributed by atoms with van der Waals surface area (Å²) < 4.78 is 5.20. The standard InChI is InChI=1S/C25H31N3O2/c1-30-24-11-10-19(14-26-24)15-27-16-20-13-21(17-27)23(12-18-6-3-2-4-7-18)28-22(20)8-5-9-25(28)29/h2-4,6-7,10-11,14,20-23H,5,8-9,12-13,15-17H2,1H3/t20-,21+,22+,23+/m1/s1. The predicted molar refractivity (Wildman–Crippen MR) is 116 cm³/mol. The predicted octanol–water partition coefficient (Wildman–Crippen LogP) is 3.53. The summed E-state index contributed by atoms with van der Waals surface area (Å²) in [6, 6.07) is 15.5. The minimum atomic E-state index is 0.318. The van der Waals surface area contributed by atoms with Gasteiger partial charge in [0.05, 0.1) is 7.11 Å². The van der Waals surface area contributed by atoms with Gasteiger partial charge in [-0.1, -0.05) is 36.4 Å². The van der Waals surface area contributed by atoms with Crippen LogP contribution < -0.4 is 4.74 Å². The van der Waals surface area contributed by atoms with Crippen molar-refractivity contribution >= 4 is 5.91 Å². The molecule has 0 radical (unpaired) electrons. The zero-order chi connectivity index (χ0) is 20.5. The number of likely N-dealkylation sites (tertiary alicyclic amines) is 1. The monoisotopic (exact) mass is 405 g/mol. The van der Waals surface area contributed by atoms with E-state index < -0.39 is 0 Å². The van der Waals surface area contributed by atoms with Crippen molar-refractivity contribution in [2.45, 2.75) is 50.7 Å². The Morgan fingerprint density at radius 2 is 1.90 bits per heavy atom. The van der Waals surface area contributed by atoms with Crippen LogP contribution in [0, 0.1) is 11.8 Å². The number of hydrogen-bond acceptors (Lipinski definition) is 4. The zero-order valence-electron chi connectivity index (χ0n) is 17.7. The van der Waals surface area contributed by atoms with Crippen LogP contribution >= 0.6 is 0 Å². The lowest BCUT2D eigenvalue weighted by atomic mass is 9.70. The van der Waals surface area contributed by atoms with E-state index in [4.69, 9.17) is 4.74 Å². The highest BCUT2D eigenvalue weighted by atomic mass is 16.5. The van der Waals surface area contributed by atoms with Crippen molar-refractivity contribution in [1.29, 1.82) is 0 Å². The second-order valence-corrected chi connectivity index (χ2v) is 9.18. The fourth-order valence-electron chi connectivity index (χ4n) is 6.00. The number of rotatable bonds is 5. The van der Waals surface area contributed by atoms with Crippen LogP contribution in [0.4, 0.5) is 0 Å². The molecule has 30 heavy (non-hydrogen) atoms. The van der Waals surface area contributed by atoms with Crippen LogP contribution in [-0.4, -0.2) is 53.0 Å². The van der Waals surface area contributed by atoms with Crippen LogP contribution in [-0.2, 0) is 17.8 Å². The number of ether oxygens (including phenoxy) is 1. The second kappa shape index (κ2) is 8.38. The summed E-state index contributed by atoms with van der Waals surface area (Å²) in [7, 11) is 1.65. The summed E-state index contributed by atoms with van der Waals surface area (Å²) in [6.07, 6.45) is 7.08. The molecule has 3 aliphatic heterocycles. The largest absolute Gasteiger partial charge is 0.481 e. The van der Waals surface area contributed by atoms with Crippen LogP contribution in [0.5, 0.6) is 5.88 Å². The quantitative estimate of drug-likeness (QED) is 0.763. The van der Waals surface area contributed by atoms with E-state index in [2.05, 4.69) is 51.2 Å². The Balaban J connectivity index is 1.37. The number of benzene rings is 1. The first-order chi connectivity index (χ1) is 14.7.